The molecular formula is C38H41N5O5. The zero-order chi connectivity index (χ0) is 33.1. The van der Waals surface area contributed by atoms with Gasteiger partial charge in [-0.05, 0) is 60.4 Å². The number of pyridine rings is 1. The molecule has 3 fully saturated rings. The summed E-state index contributed by atoms with van der Waals surface area (Å²) in [6.07, 6.45) is 3.50. The number of carbonyl (C=O) groups excluding carboxylic acids is 2. The molecule has 1 spiro atoms. The standard InChI is InChI=1S/C38H41N5O5/c1-26-33(23-42-19-16-38(17-20-42)37(46)40-25-43(38)32-10-3-2-4-11-32)47-36(48-34(26)28-14-12-27(24-44)13-15-28)29-7-5-9-31(21-29)41-35(45)30-8-6-18-39-22-30/h2-15,18,21-22,26,33-34,36,44H,16-17,19-20,23-25H2,1H3,(H,40,46)(H,41,45)/t26-,33+,34+,36+/m1/s1. The molecule has 48 heavy (non-hydrogen) atoms. The van der Waals surface area contributed by atoms with Crippen LogP contribution in [0.5, 0.6) is 0 Å². The van der Waals surface area contributed by atoms with Crippen LogP contribution in [0.4, 0.5) is 11.4 Å². The van der Waals surface area contributed by atoms with Crippen molar-refractivity contribution in [2.75, 3.05) is 36.5 Å². The predicted molar refractivity (Wildman–Crippen MR) is 182 cm³/mol. The maximum Gasteiger partial charge on any atom is 0.257 e. The van der Waals surface area contributed by atoms with Crippen LogP contribution in [-0.4, -0.2) is 64.8 Å². The van der Waals surface area contributed by atoms with Crippen molar-refractivity contribution in [2.24, 2.45) is 5.92 Å². The zero-order valence-corrected chi connectivity index (χ0v) is 27.0. The van der Waals surface area contributed by atoms with E-state index in [0.717, 1.165) is 48.3 Å². The summed E-state index contributed by atoms with van der Waals surface area (Å²) in [5, 5.41) is 15.7. The number of likely N-dealkylation sites (tertiary alicyclic amines) is 1. The van der Waals surface area contributed by atoms with Crippen molar-refractivity contribution < 1.29 is 24.2 Å². The zero-order valence-electron chi connectivity index (χ0n) is 27.0. The third kappa shape index (κ3) is 6.44. The van der Waals surface area contributed by atoms with Gasteiger partial charge in [0.05, 0.1) is 31.0 Å². The Hall–Kier alpha value is -4.61. The van der Waals surface area contributed by atoms with Crippen LogP contribution >= 0.6 is 0 Å². The summed E-state index contributed by atoms with van der Waals surface area (Å²) in [6.45, 7) is 4.86. The lowest BCUT2D eigenvalue weighted by molar-refractivity contribution is -0.276. The molecule has 0 saturated carbocycles. The fourth-order valence-electron chi connectivity index (χ4n) is 7.18. The largest absolute Gasteiger partial charge is 0.392 e. The first kappa shape index (κ1) is 32.0. The summed E-state index contributed by atoms with van der Waals surface area (Å²) >= 11 is 0. The highest BCUT2D eigenvalue weighted by Crippen LogP contribution is 2.43. The first-order valence-corrected chi connectivity index (χ1v) is 16.6. The van der Waals surface area contributed by atoms with Crippen LogP contribution in [-0.2, 0) is 20.9 Å². The number of aliphatic hydroxyl groups excluding tert-OH is 1. The molecule has 10 heteroatoms. The lowest BCUT2D eigenvalue weighted by Gasteiger charge is -2.46. The second-order valence-electron chi connectivity index (χ2n) is 12.9. The number of para-hydroxylation sites is 1. The third-order valence-electron chi connectivity index (χ3n) is 9.99. The summed E-state index contributed by atoms with van der Waals surface area (Å²) in [7, 11) is 0. The topological polar surface area (TPSA) is 116 Å². The molecule has 2 amide bonds. The first-order valence-electron chi connectivity index (χ1n) is 16.6. The maximum atomic E-state index is 13.2. The number of piperidine rings is 1. The second kappa shape index (κ2) is 13.9. The van der Waals surface area contributed by atoms with Crippen LogP contribution in [0.2, 0.25) is 0 Å². The van der Waals surface area contributed by atoms with Gasteiger partial charge in [0.15, 0.2) is 6.29 Å². The molecule has 0 bridgehead atoms. The third-order valence-corrected chi connectivity index (χ3v) is 9.99. The minimum absolute atomic E-state index is 0.0150. The van der Waals surface area contributed by atoms with Gasteiger partial charge in [-0.1, -0.05) is 61.5 Å². The average molecular weight is 648 g/mol. The van der Waals surface area contributed by atoms with Gasteiger partial charge in [0.2, 0.25) is 5.91 Å². The van der Waals surface area contributed by atoms with Gasteiger partial charge in [-0.15, -0.1) is 0 Å². The highest BCUT2D eigenvalue weighted by Gasteiger charge is 2.51. The van der Waals surface area contributed by atoms with Gasteiger partial charge in [-0.25, -0.2) is 0 Å². The average Bonchev–Trinajstić information content (AvgIpc) is 3.45. The molecule has 3 aromatic carbocycles. The number of amides is 2. The summed E-state index contributed by atoms with van der Waals surface area (Å²) in [5.41, 5.74) is 4.25. The number of aromatic nitrogens is 1. The van der Waals surface area contributed by atoms with E-state index >= 15 is 0 Å². The van der Waals surface area contributed by atoms with Gasteiger partial charge in [0.1, 0.15) is 5.54 Å². The Labute approximate surface area is 280 Å². The number of carbonyl (C=O) groups is 2. The van der Waals surface area contributed by atoms with Gasteiger partial charge < -0.3 is 35.0 Å². The van der Waals surface area contributed by atoms with Crippen molar-refractivity contribution in [3.8, 4) is 0 Å². The van der Waals surface area contributed by atoms with Gasteiger partial charge in [-0.2, -0.15) is 0 Å². The smallest absolute Gasteiger partial charge is 0.257 e. The summed E-state index contributed by atoms with van der Waals surface area (Å²) in [4.78, 5) is 34.8. The Morgan fingerprint density at radius 2 is 1.77 bits per heavy atom. The fraction of sp³-hybridized carbons (Fsp3) is 0.342. The van der Waals surface area contributed by atoms with Crippen LogP contribution in [0.1, 0.15) is 59.2 Å². The molecule has 3 aliphatic rings. The number of anilines is 2. The molecule has 4 heterocycles. The molecule has 7 rings (SSSR count). The van der Waals surface area contributed by atoms with E-state index in [9.17, 15) is 14.7 Å². The van der Waals surface area contributed by atoms with E-state index in [1.165, 1.54) is 6.20 Å². The molecule has 0 aliphatic carbocycles. The van der Waals surface area contributed by atoms with Gasteiger partial charge >= 0.3 is 0 Å². The van der Waals surface area contributed by atoms with Crippen molar-refractivity contribution in [2.45, 2.75) is 50.4 Å². The number of benzene rings is 3. The van der Waals surface area contributed by atoms with Crippen molar-refractivity contribution in [3.05, 3.63) is 126 Å². The Bertz CT molecular complexity index is 1710. The van der Waals surface area contributed by atoms with Crippen molar-refractivity contribution in [3.63, 3.8) is 0 Å². The molecule has 10 nitrogen and oxygen atoms in total. The number of aliphatic hydroxyl groups is 1. The molecule has 3 aliphatic heterocycles. The van der Waals surface area contributed by atoms with Gasteiger partial charge in [0.25, 0.3) is 5.91 Å². The molecule has 3 saturated heterocycles. The van der Waals surface area contributed by atoms with Crippen LogP contribution in [0.3, 0.4) is 0 Å². The van der Waals surface area contributed by atoms with Crippen LogP contribution in [0.15, 0.2) is 103 Å². The number of nitrogens with one attached hydrogen (secondary N) is 2. The number of nitrogens with zero attached hydrogens (tertiary/aromatic N) is 3. The van der Waals surface area contributed by atoms with E-state index in [1.807, 2.05) is 66.7 Å². The van der Waals surface area contributed by atoms with E-state index in [-0.39, 0.29) is 36.5 Å². The van der Waals surface area contributed by atoms with Crippen molar-refractivity contribution >= 4 is 23.2 Å². The highest BCUT2D eigenvalue weighted by atomic mass is 16.7. The Balaban J connectivity index is 1.10. The Morgan fingerprint density at radius 3 is 2.50 bits per heavy atom. The number of ether oxygens (including phenoxy) is 2. The lowest BCUT2D eigenvalue weighted by atomic mass is 9.84. The Kier molecular flexibility index (Phi) is 9.23. The molecule has 4 aromatic rings. The summed E-state index contributed by atoms with van der Waals surface area (Å²) in [6, 6.07) is 29.0. The minimum Gasteiger partial charge on any atom is -0.392 e. The SMILES string of the molecule is C[C@@H]1[C@H](CN2CCC3(CC2)C(=O)NCN3c2ccccc2)O[C@H](c2cccc(NC(=O)c3cccnc3)c2)O[C@@H]1c1ccc(CO)cc1. The second-order valence-corrected chi connectivity index (χ2v) is 12.9. The summed E-state index contributed by atoms with van der Waals surface area (Å²) < 4.78 is 13.4. The molecule has 0 radical (unpaired) electrons. The molecular weight excluding hydrogens is 606 g/mol. The minimum atomic E-state index is -0.672. The fourth-order valence-corrected chi connectivity index (χ4v) is 7.18. The molecule has 3 N–H and O–H groups in total. The molecule has 1 aromatic heterocycles. The van der Waals surface area contributed by atoms with Crippen LogP contribution in [0.25, 0.3) is 0 Å². The van der Waals surface area contributed by atoms with Gasteiger partial charge in [-0.3, -0.25) is 14.6 Å². The quantitative estimate of drug-likeness (QED) is 0.244. The molecule has 4 atom stereocenters. The predicted octanol–water partition coefficient (Wildman–Crippen LogP) is 5.05. The van der Waals surface area contributed by atoms with E-state index < -0.39 is 11.8 Å². The Morgan fingerprint density at radius 1 is 0.979 bits per heavy atom. The van der Waals surface area contributed by atoms with E-state index in [4.69, 9.17) is 9.47 Å². The summed E-state index contributed by atoms with van der Waals surface area (Å²) in [5.74, 6) is -0.131. The van der Waals surface area contributed by atoms with Gasteiger partial charge in [0, 0.05) is 54.9 Å². The molecule has 0 unspecified atom stereocenters. The number of rotatable bonds is 8. The lowest BCUT2D eigenvalue weighted by Crippen LogP contribution is -2.57. The monoisotopic (exact) mass is 647 g/mol. The van der Waals surface area contributed by atoms with E-state index in [2.05, 4.69) is 44.5 Å². The van der Waals surface area contributed by atoms with Crippen molar-refractivity contribution in [1.82, 2.24) is 15.2 Å². The van der Waals surface area contributed by atoms with E-state index in [0.29, 0.717) is 24.5 Å². The van der Waals surface area contributed by atoms with Crippen molar-refractivity contribution in [1.29, 1.82) is 0 Å². The van der Waals surface area contributed by atoms with E-state index in [1.54, 1.807) is 18.3 Å². The highest BCUT2D eigenvalue weighted by molar-refractivity contribution is 6.04. The van der Waals surface area contributed by atoms with Crippen LogP contribution in [0, 0.1) is 5.92 Å². The van der Waals surface area contributed by atoms with Crippen LogP contribution < -0.4 is 15.5 Å². The normalized spacial score (nSPS) is 24.0. The maximum absolute atomic E-state index is 13.2. The first-order chi connectivity index (χ1) is 23.4. The molecule has 248 valence electrons. The number of hydrogen-bond donors (Lipinski definition) is 3. The number of hydrogen-bond acceptors (Lipinski definition) is 8.